The zero-order valence-corrected chi connectivity index (χ0v) is 30.1. The lowest BCUT2D eigenvalue weighted by molar-refractivity contribution is 0.255. The van der Waals surface area contributed by atoms with Crippen molar-refractivity contribution in [1.29, 1.82) is 0 Å². The highest BCUT2D eigenvalue weighted by Gasteiger charge is 2.20. The van der Waals surface area contributed by atoms with Gasteiger partial charge in [0.2, 0.25) is 0 Å². The van der Waals surface area contributed by atoms with E-state index >= 15 is 0 Å². The molecule has 0 aliphatic carbocycles. The van der Waals surface area contributed by atoms with Gasteiger partial charge >= 0.3 is 12.1 Å². The van der Waals surface area contributed by atoms with Gasteiger partial charge in [-0.2, -0.15) is 0 Å². The number of thiocarbonyl (C=S) groups is 2. The lowest BCUT2D eigenvalue weighted by Crippen LogP contribution is -2.34. The number of benzene rings is 5. The first-order chi connectivity index (χ1) is 24.8. The number of hydrogen-bond acceptors (Lipinski definition) is 8. The molecular formula is C34H30N8O6S4. The first-order valence-corrected chi connectivity index (χ1v) is 18.9. The Labute approximate surface area is 310 Å². The number of para-hydroxylation sites is 2. The standard InChI is InChI=1S/C34H30N8O6S4/c43-31(41-51(45,46)29-15-7-13-27(21-29)39-33(49)37-23-9-3-1-4-10-23)35-25-17-19-26(20-18-25)36-32(44)42-52(47,48)30-16-8-14-28(22-30)40-34(50)38-24-11-5-2-6-12-24/h1-22H,(H2,35,41,43)(H2,36,42,44)(H2,37,39,49)(H2,38,40,50). The first-order valence-electron chi connectivity index (χ1n) is 15.1. The van der Waals surface area contributed by atoms with Crippen molar-refractivity contribution in [2.24, 2.45) is 0 Å². The molecule has 14 nitrogen and oxygen atoms in total. The highest BCUT2D eigenvalue weighted by Crippen LogP contribution is 2.19. The Morgan fingerprint density at radius 1 is 0.385 bits per heavy atom. The molecule has 5 rings (SSSR count). The Morgan fingerprint density at radius 3 is 1.06 bits per heavy atom. The molecule has 8 N–H and O–H groups in total. The minimum Gasteiger partial charge on any atom is -0.332 e. The molecule has 5 aromatic rings. The molecule has 0 heterocycles. The van der Waals surface area contributed by atoms with E-state index in [2.05, 4.69) is 31.9 Å². The monoisotopic (exact) mass is 774 g/mol. The van der Waals surface area contributed by atoms with Crippen LogP contribution in [0.1, 0.15) is 0 Å². The highest BCUT2D eigenvalue weighted by molar-refractivity contribution is 7.90. The molecule has 0 saturated heterocycles. The Hall–Kier alpha value is -6.08. The summed E-state index contributed by atoms with van der Waals surface area (Å²) in [6.07, 6.45) is 0. The van der Waals surface area contributed by atoms with Gasteiger partial charge < -0.3 is 31.9 Å². The number of carbonyl (C=O) groups is 2. The number of rotatable bonds is 10. The van der Waals surface area contributed by atoms with E-state index in [4.69, 9.17) is 24.4 Å². The van der Waals surface area contributed by atoms with Crippen molar-refractivity contribution in [3.63, 3.8) is 0 Å². The van der Waals surface area contributed by atoms with Crippen LogP contribution in [0.3, 0.4) is 0 Å². The second-order valence-corrected chi connectivity index (χ2v) is 14.8. The fraction of sp³-hybridized carbons (Fsp3) is 0. The fourth-order valence-electron chi connectivity index (χ4n) is 4.42. The molecule has 0 fully saturated rings. The number of urea groups is 2. The molecule has 0 atom stereocenters. The minimum absolute atomic E-state index is 0.183. The first kappa shape index (κ1) is 37.2. The summed E-state index contributed by atoms with van der Waals surface area (Å²) in [6.45, 7) is 0. The molecule has 0 unspecified atom stereocenters. The van der Waals surface area contributed by atoms with Crippen LogP contribution in [0, 0.1) is 0 Å². The normalized spacial score (nSPS) is 10.9. The summed E-state index contributed by atoms with van der Waals surface area (Å²) >= 11 is 10.6. The van der Waals surface area contributed by atoms with Crippen LogP contribution in [0.15, 0.2) is 143 Å². The topological polar surface area (TPSA) is 199 Å². The van der Waals surface area contributed by atoms with E-state index in [0.29, 0.717) is 11.4 Å². The second-order valence-electron chi connectivity index (χ2n) is 10.6. The van der Waals surface area contributed by atoms with E-state index in [1.807, 2.05) is 70.1 Å². The van der Waals surface area contributed by atoms with Gasteiger partial charge in [0.15, 0.2) is 10.2 Å². The smallest absolute Gasteiger partial charge is 0.332 e. The summed E-state index contributed by atoms with van der Waals surface area (Å²) in [7, 11) is -8.57. The van der Waals surface area contributed by atoms with Crippen molar-refractivity contribution >= 4 is 101 Å². The number of amides is 4. The molecule has 52 heavy (non-hydrogen) atoms. The number of carbonyl (C=O) groups excluding carboxylic acids is 2. The summed E-state index contributed by atoms with van der Waals surface area (Å²) in [5.41, 5.74) is 2.60. The molecule has 4 amide bonds. The molecule has 0 bridgehead atoms. The Morgan fingerprint density at radius 2 is 0.692 bits per heavy atom. The average molecular weight is 775 g/mol. The molecule has 266 valence electrons. The SMILES string of the molecule is O=C(Nc1ccc(NC(=O)NS(=O)(=O)c2cccc(NC(=S)Nc3ccccc3)c2)cc1)NS(=O)(=O)c1cccc(NC(=S)Nc2ccccc2)c1. The molecule has 18 heteroatoms. The van der Waals surface area contributed by atoms with Gasteiger partial charge in [0.05, 0.1) is 9.79 Å². The predicted molar refractivity (Wildman–Crippen MR) is 211 cm³/mol. The number of nitrogens with one attached hydrogen (secondary N) is 8. The van der Waals surface area contributed by atoms with Crippen LogP contribution in [0.2, 0.25) is 0 Å². The minimum atomic E-state index is -4.28. The molecule has 0 radical (unpaired) electrons. The van der Waals surface area contributed by atoms with Crippen molar-refractivity contribution in [2.75, 3.05) is 31.9 Å². The van der Waals surface area contributed by atoms with Crippen LogP contribution in [-0.2, 0) is 20.0 Å². The molecule has 0 aromatic heterocycles. The number of hydrogen-bond donors (Lipinski definition) is 8. The van der Waals surface area contributed by atoms with Crippen molar-refractivity contribution in [3.05, 3.63) is 133 Å². The Bertz CT molecular complexity index is 2150. The summed E-state index contributed by atoms with van der Waals surface area (Å²) in [5, 5.41) is 17.0. The van der Waals surface area contributed by atoms with Crippen molar-refractivity contribution < 1.29 is 26.4 Å². The van der Waals surface area contributed by atoms with Crippen LogP contribution >= 0.6 is 24.4 Å². The molecule has 0 spiro atoms. The van der Waals surface area contributed by atoms with Crippen LogP contribution in [0.25, 0.3) is 0 Å². The zero-order valence-electron chi connectivity index (χ0n) is 26.8. The molecule has 5 aromatic carbocycles. The van der Waals surface area contributed by atoms with E-state index in [9.17, 15) is 26.4 Å². The second kappa shape index (κ2) is 16.8. The summed E-state index contributed by atoms with van der Waals surface area (Å²) in [5.74, 6) is 0. The lowest BCUT2D eigenvalue weighted by atomic mass is 10.3. The summed E-state index contributed by atoms with van der Waals surface area (Å²) in [4.78, 5) is 24.8. The van der Waals surface area contributed by atoms with Crippen molar-refractivity contribution in [2.45, 2.75) is 9.79 Å². The molecular weight excluding hydrogens is 745 g/mol. The summed E-state index contributed by atoms with van der Waals surface area (Å²) in [6, 6.07) is 33.2. The Kier molecular flexibility index (Phi) is 12.0. The number of anilines is 6. The maximum atomic E-state index is 12.9. The van der Waals surface area contributed by atoms with Crippen LogP contribution in [0.4, 0.5) is 43.7 Å². The van der Waals surface area contributed by atoms with Crippen molar-refractivity contribution in [1.82, 2.24) is 9.44 Å². The van der Waals surface area contributed by atoms with Gasteiger partial charge in [-0.05, 0) is 109 Å². The lowest BCUT2D eigenvalue weighted by Gasteiger charge is -2.13. The van der Waals surface area contributed by atoms with E-state index < -0.39 is 32.1 Å². The van der Waals surface area contributed by atoms with Gasteiger partial charge in [0.25, 0.3) is 20.0 Å². The van der Waals surface area contributed by atoms with E-state index in [1.54, 1.807) is 12.1 Å². The Balaban J connectivity index is 1.11. The van der Waals surface area contributed by atoms with Gasteiger partial charge in [0.1, 0.15) is 0 Å². The van der Waals surface area contributed by atoms with Crippen LogP contribution in [0.5, 0.6) is 0 Å². The van der Waals surface area contributed by atoms with Gasteiger partial charge in [-0.3, -0.25) is 0 Å². The molecule has 0 aliphatic rings. The molecule has 0 saturated carbocycles. The van der Waals surface area contributed by atoms with E-state index in [1.165, 1.54) is 60.7 Å². The zero-order chi connectivity index (χ0) is 37.1. The maximum Gasteiger partial charge on any atom is 0.333 e. The van der Waals surface area contributed by atoms with Gasteiger partial charge in [-0.15, -0.1) is 0 Å². The van der Waals surface area contributed by atoms with Crippen LogP contribution in [-0.4, -0.2) is 39.1 Å². The maximum absolute atomic E-state index is 12.9. The predicted octanol–water partition coefficient (Wildman–Crippen LogP) is 6.33. The van der Waals surface area contributed by atoms with E-state index in [-0.39, 0.29) is 31.4 Å². The highest BCUT2D eigenvalue weighted by atomic mass is 32.2. The quantitative estimate of drug-likeness (QED) is 0.0736. The summed E-state index contributed by atoms with van der Waals surface area (Å²) < 4.78 is 55.6. The van der Waals surface area contributed by atoms with E-state index in [0.717, 1.165) is 11.4 Å². The third kappa shape index (κ3) is 11.0. The van der Waals surface area contributed by atoms with Gasteiger partial charge in [-0.25, -0.2) is 35.9 Å². The fourth-order valence-corrected chi connectivity index (χ4v) is 6.80. The number of sulfonamides is 2. The van der Waals surface area contributed by atoms with Gasteiger partial charge in [0, 0.05) is 34.1 Å². The largest absolute Gasteiger partial charge is 0.333 e. The van der Waals surface area contributed by atoms with Gasteiger partial charge in [-0.1, -0.05) is 48.5 Å². The third-order valence-electron chi connectivity index (χ3n) is 6.72. The average Bonchev–Trinajstić information content (AvgIpc) is 3.09. The molecule has 0 aliphatic heterocycles. The third-order valence-corrected chi connectivity index (χ3v) is 9.79. The van der Waals surface area contributed by atoms with Crippen LogP contribution < -0.4 is 41.3 Å². The van der Waals surface area contributed by atoms with Crippen molar-refractivity contribution in [3.8, 4) is 0 Å².